The molecule has 0 saturated carbocycles. The molecule has 0 aromatic carbocycles. The second-order valence-corrected chi connectivity index (χ2v) is 6.53. The van der Waals surface area contributed by atoms with Crippen molar-refractivity contribution in [3.63, 3.8) is 0 Å². The molecule has 0 aliphatic carbocycles. The van der Waals surface area contributed by atoms with Gasteiger partial charge in [0.05, 0.1) is 13.2 Å². The number of rotatable bonds is 5. The van der Waals surface area contributed by atoms with Gasteiger partial charge in [-0.15, -0.1) is 0 Å². The first-order valence-corrected chi connectivity index (χ1v) is 8.78. The minimum absolute atomic E-state index is 0.0324. The Labute approximate surface area is 147 Å². The van der Waals surface area contributed by atoms with Gasteiger partial charge in [0.15, 0.2) is 5.79 Å². The molecule has 2 aliphatic heterocycles. The van der Waals surface area contributed by atoms with Crippen molar-refractivity contribution in [3.8, 4) is 0 Å². The molecule has 1 aromatic rings. The summed E-state index contributed by atoms with van der Waals surface area (Å²) >= 11 is 0. The van der Waals surface area contributed by atoms with Crippen LogP contribution >= 0.6 is 0 Å². The summed E-state index contributed by atoms with van der Waals surface area (Å²) < 4.78 is 11.4. The molecule has 7 nitrogen and oxygen atoms in total. The van der Waals surface area contributed by atoms with E-state index >= 15 is 0 Å². The van der Waals surface area contributed by atoms with Crippen LogP contribution in [0.5, 0.6) is 0 Å². The highest BCUT2D eigenvalue weighted by molar-refractivity contribution is 5.78. The Hall–Kier alpha value is -1.99. The molecule has 1 spiro atoms. The molecule has 2 amide bonds. The highest BCUT2D eigenvalue weighted by Gasteiger charge is 2.40. The van der Waals surface area contributed by atoms with Gasteiger partial charge in [-0.3, -0.25) is 14.6 Å². The first kappa shape index (κ1) is 17.8. The fraction of sp³-hybridized carbons (Fsp3) is 0.611. The summed E-state index contributed by atoms with van der Waals surface area (Å²) in [5.74, 6) is -0.424. The molecular weight excluding hydrogens is 322 g/mol. The summed E-state index contributed by atoms with van der Waals surface area (Å²) in [4.78, 5) is 31.9. The van der Waals surface area contributed by atoms with Crippen LogP contribution in [0, 0.1) is 0 Å². The highest BCUT2D eigenvalue weighted by atomic mass is 16.7. The third kappa shape index (κ3) is 4.55. The van der Waals surface area contributed by atoms with Crippen LogP contribution in [0.2, 0.25) is 0 Å². The second kappa shape index (κ2) is 7.93. The van der Waals surface area contributed by atoms with Crippen molar-refractivity contribution < 1.29 is 19.1 Å². The number of piperidine rings is 1. The zero-order valence-electron chi connectivity index (χ0n) is 14.6. The number of hydrogen-bond acceptors (Lipinski definition) is 5. The average molecular weight is 347 g/mol. The summed E-state index contributed by atoms with van der Waals surface area (Å²) in [5.41, 5.74) is 1.01. The average Bonchev–Trinajstić information content (AvgIpc) is 3.07. The predicted octanol–water partition coefficient (Wildman–Crippen LogP) is 1.19. The van der Waals surface area contributed by atoms with E-state index in [1.807, 2.05) is 17.0 Å². The highest BCUT2D eigenvalue weighted by Crippen LogP contribution is 2.31. The summed E-state index contributed by atoms with van der Waals surface area (Å²) in [5, 5.41) is 0. The number of carbonyl (C=O) groups is 2. The van der Waals surface area contributed by atoms with Gasteiger partial charge in [-0.1, -0.05) is 0 Å². The Morgan fingerprint density at radius 3 is 2.44 bits per heavy atom. The third-order valence-electron chi connectivity index (χ3n) is 4.86. The number of amides is 2. The van der Waals surface area contributed by atoms with Gasteiger partial charge < -0.3 is 19.3 Å². The fourth-order valence-electron chi connectivity index (χ4n) is 3.33. The Morgan fingerprint density at radius 2 is 1.84 bits per heavy atom. The lowest BCUT2D eigenvalue weighted by Gasteiger charge is -2.37. The maximum Gasteiger partial charge on any atom is 0.224 e. The standard InChI is InChI=1S/C18H25N3O4/c1-15(22)21(14-16-2-7-19-8-3-16)9-4-17(23)20-10-5-18(6-11-20)24-12-13-25-18/h2-3,7-8H,4-6,9-14H2,1H3. The molecule has 3 heterocycles. The predicted molar refractivity (Wildman–Crippen MR) is 90.4 cm³/mol. The van der Waals surface area contributed by atoms with E-state index < -0.39 is 5.79 Å². The molecule has 3 rings (SSSR count). The largest absolute Gasteiger partial charge is 0.347 e. The van der Waals surface area contributed by atoms with Crippen molar-refractivity contribution in [3.05, 3.63) is 30.1 Å². The lowest BCUT2D eigenvalue weighted by molar-refractivity contribution is -0.187. The van der Waals surface area contributed by atoms with Gasteiger partial charge in [-0.05, 0) is 17.7 Å². The van der Waals surface area contributed by atoms with Crippen molar-refractivity contribution >= 4 is 11.8 Å². The summed E-state index contributed by atoms with van der Waals surface area (Å²) in [7, 11) is 0. The molecule has 2 fully saturated rings. The minimum Gasteiger partial charge on any atom is -0.347 e. The van der Waals surface area contributed by atoms with E-state index in [0.29, 0.717) is 58.7 Å². The molecule has 0 N–H and O–H groups in total. The molecule has 25 heavy (non-hydrogen) atoms. The zero-order valence-corrected chi connectivity index (χ0v) is 14.6. The Bertz CT molecular complexity index is 592. The van der Waals surface area contributed by atoms with Gasteiger partial charge in [-0.2, -0.15) is 0 Å². The van der Waals surface area contributed by atoms with Gasteiger partial charge >= 0.3 is 0 Å². The quantitative estimate of drug-likeness (QED) is 0.800. The number of aromatic nitrogens is 1. The summed E-state index contributed by atoms with van der Waals surface area (Å²) in [6.07, 6.45) is 5.17. The second-order valence-electron chi connectivity index (χ2n) is 6.53. The van der Waals surface area contributed by atoms with Crippen LogP contribution in [0.1, 0.15) is 31.7 Å². The molecule has 0 unspecified atom stereocenters. The van der Waals surface area contributed by atoms with Crippen molar-refractivity contribution in [2.45, 2.75) is 38.5 Å². The number of ether oxygens (including phenoxy) is 2. The Balaban J connectivity index is 1.47. The first-order chi connectivity index (χ1) is 12.1. The smallest absolute Gasteiger partial charge is 0.224 e. The van der Waals surface area contributed by atoms with Gasteiger partial charge in [-0.25, -0.2) is 0 Å². The monoisotopic (exact) mass is 347 g/mol. The van der Waals surface area contributed by atoms with Crippen LogP contribution in [0.25, 0.3) is 0 Å². The van der Waals surface area contributed by atoms with Gasteiger partial charge in [0.2, 0.25) is 11.8 Å². The van der Waals surface area contributed by atoms with Crippen LogP contribution < -0.4 is 0 Å². The van der Waals surface area contributed by atoms with E-state index in [-0.39, 0.29) is 11.8 Å². The van der Waals surface area contributed by atoms with E-state index in [0.717, 1.165) is 5.56 Å². The molecule has 2 saturated heterocycles. The molecule has 0 atom stereocenters. The van der Waals surface area contributed by atoms with E-state index in [4.69, 9.17) is 9.47 Å². The van der Waals surface area contributed by atoms with Gasteiger partial charge in [0.25, 0.3) is 0 Å². The fourth-order valence-corrected chi connectivity index (χ4v) is 3.33. The normalized spacial score (nSPS) is 19.2. The Kier molecular flexibility index (Phi) is 5.65. The van der Waals surface area contributed by atoms with Crippen LogP contribution in [-0.4, -0.2) is 65.2 Å². The van der Waals surface area contributed by atoms with Crippen molar-refractivity contribution in [1.82, 2.24) is 14.8 Å². The van der Waals surface area contributed by atoms with Crippen molar-refractivity contribution in [2.75, 3.05) is 32.8 Å². The van der Waals surface area contributed by atoms with Crippen LogP contribution in [0.15, 0.2) is 24.5 Å². The van der Waals surface area contributed by atoms with E-state index in [9.17, 15) is 9.59 Å². The topological polar surface area (TPSA) is 72.0 Å². The van der Waals surface area contributed by atoms with Crippen LogP contribution in [0.3, 0.4) is 0 Å². The molecule has 0 radical (unpaired) electrons. The number of likely N-dealkylation sites (tertiary alicyclic amines) is 1. The first-order valence-electron chi connectivity index (χ1n) is 8.78. The maximum absolute atomic E-state index is 12.5. The molecule has 136 valence electrons. The number of carbonyl (C=O) groups excluding carboxylic acids is 2. The summed E-state index contributed by atoms with van der Waals surface area (Å²) in [6.45, 7) is 5.01. The van der Waals surface area contributed by atoms with Gasteiger partial charge in [0, 0.05) is 64.8 Å². The molecule has 7 heteroatoms. The van der Waals surface area contributed by atoms with Crippen LogP contribution in [-0.2, 0) is 25.6 Å². The van der Waals surface area contributed by atoms with Gasteiger partial charge in [0.1, 0.15) is 0 Å². The van der Waals surface area contributed by atoms with Crippen molar-refractivity contribution in [2.24, 2.45) is 0 Å². The van der Waals surface area contributed by atoms with E-state index in [1.54, 1.807) is 17.3 Å². The maximum atomic E-state index is 12.5. The molecule has 0 bridgehead atoms. The Morgan fingerprint density at radius 1 is 1.20 bits per heavy atom. The lowest BCUT2D eigenvalue weighted by atomic mass is 10.0. The number of nitrogens with zero attached hydrogens (tertiary/aromatic N) is 3. The molecule has 1 aromatic heterocycles. The summed E-state index contributed by atoms with van der Waals surface area (Å²) in [6, 6.07) is 3.76. The lowest BCUT2D eigenvalue weighted by Crippen LogP contribution is -2.47. The zero-order chi connectivity index (χ0) is 17.7. The minimum atomic E-state index is -0.469. The van der Waals surface area contributed by atoms with E-state index in [1.165, 1.54) is 6.92 Å². The van der Waals surface area contributed by atoms with E-state index in [2.05, 4.69) is 4.98 Å². The third-order valence-corrected chi connectivity index (χ3v) is 4.86. The molecular formula is C18H25N3O4. The molecule has 2 aliphatic rings. The number of pyridine rings is 1. The van der Waals surface area contributed by atoms with Crippen molar-refractivity contribution in [1.29, 1.82) is 0 Å². The van der Waals surface area contributed by atoms with Crippen LogP contribution in [0.4, 0.5) is 0 Å². The SMILES string of the molecule is CC(=O)N(CCC(=O)N1CCC2(CC1)OCCO2)Cc1ccncc1. The number of hydrogen-bond donors (Lipinski definition) is 0.